The molecular weight excluding hydrogens is 252 g/mol. The van der Waals surface area contributed by atoms with Gasteiger partial charge in [0, 0.05) is 16.8 Å². The third kappa shape index (κ3) is 3.67. The molecule has 0 aromatic heterocycles. The van der Waals surface area contributed by atoms with Crippen molar-refractivity contribution in [2.24, 2.45) is 0 Å². The van der Waals surface area contributed by atoms with Gasteiger partial charge in [0.2, 0.25) is 0 Å². The fraction of sp³-hybridized carbons (Fsp3) is 0.100. The van der Waals surface area contributed by atoms with E-state index in [1.807, 2.05) is 0 Å². The highest BCUT2D eigenvalue weighted by atomic mass is 35.7. The molecule has 1 rings (SSSR count). The van der Waals surface area contributed by atoms with Crippen LogP contribution in [0.5, 0.6) is 0 Å². The van der Waals surface area contributed by atoms with E-state index in [4.69, 9.17) is 10.7 Å². The number of esters is 1. The summed E-state index contributed by atoms with van der Waals surface area (Å²) in [6, 6.07) is 5.91. The Morgan fingerprint density at radius 1 is 1.44 bits per heavy atom. The van der Waals surface area contributed by atoms with E-state index in [0.717, 1.165) is 0 Å². The Labute approximate surface area is 97.9 Å². The lowest BCUT2D eigenvalue weighted by molar-refractivity contribution is -0.134. The van der Waals surface area contributed by atoms with E-state index in [-0.39, 0.29) is 4.90 Å². The van der Waals surface area contributed by atoms with E-state index in [1.165, 1.54) is 37.5 Å². The van der Waals surface area contributed by atoms with Gasteiger partial charge in [0.15, 0.2) is 0 Å². The Morgan fingerprint density at radius 3 is 2.69 bits per heavy atom. The number of rotatable bonds is 3. The number of carbonyl (C=O) groups excluding carboxylic acids is 1. The van der Waals surface area contributed by atoms with Crippen molar-refractivity contribution in [1.29, 1.82) is 0 Å². The molecule has 0 aliphatic carbocycles. The van der Waals surface area contributed by atoms with Gasteiger partial charge < -0.3 is 4.74 Å². The number of carbonyl (C=O) groups is 1. The first-order chi connectivity index (χ1) is 7.43. The van der Waals surface area contributed by atoms with Crippen molar-refractivity contribution in [2.75, 3.05) is 7.11 Å². The quantitative estimate of drug-likeness (QED) is 0.472. The average molecular weight is 261 g/mol. The average Bonchev–Trinajstić information content (AvgIpc) is 2.25. The van der Waals surface area contributed by atoms with Crippen molar-refractivity contribution in [2.45, 2.75) is 4.90 Å². The molecule has 0 heterocycles. The summed E-state index contributed by atoms with van der Waals surface area (Å²) in [5.74, 6) is -0.515. The Bertz CT molecular complexity index is 519. The molecule has 0 saturated heterocycles. The lowest BCUT2D eigenvalue weighted by atomic mass is 10.2. The third-order valence-corrected chi connectivity index (χ3v) is 3.10. The molecule has 0 amide bonds. The van der Waals surface area contributed by atoms with E-state index in [0.29, 0.717) is 5.56 Å². The molecule has 0 unspecified atom stereocenters. The minimum absolute atomic E-state index is 0.0128. The van der Waals surface area contributed by atoms with Crippen LogP contribution in [0, 0.1) is 0 Å². The summed E-state index contributed by atoms with van der Waals surface area (Å²) >= 11 is 0. The normalized spacial score (nSPS) is 11.6. The molecule has 6 heteroatoms. The first-order valence-electron chi connectivity index (χ1n) is 4.24. The van der Waals surface area contributed by atoms with E-state index < -0.39 is 15.0 Å². The van der Waals surface area contributed by atoms with Crippen molar-refractivity contribution in [1.82, 2.24) is 0 Å². The monoisotopic (exact) mass is 260 g/mol. The first kappa shape index (κ1) is 12.7. The molecule has 16 heavy (non-hydrogen) atoms. The Balaban J connectivity index is 3.01. The first-order valence-corrected chi connectivity index (χ1v) is 6.55. The van der Waals surface area contributed by atoms with Crippen LogP contribution in [0.3, 0.4) is 0 Å². The van der Waals surface area contributed by atoms with Gasteiger partial charge in [-0.2, -0.15) is 0 Å². The van der Waals surface area contributed by atoms with Crippen LogP contribution in [0.4, 0.5) is 0 Å². The summed E-state index contributed by atoms with van der Waals surface area (Å²) in [7, 11) is 2.69. The van der Waals surface area contributed by atoms with Gasteiger partial charge >= 0.3 is 5.97 Å². The minimum Gasteiger partial charge on any atom is -0.466 e. The molecule has 0 atom stereocenters. The van der Waals surface area contributed by atoms with Crippen molar-refractivity contribution in [3.05, 3.63) is 35.9 Å². The topological polar surface area (TPSA) is 60.4 Å². The van der Waals surface area contributed by atoms with Crippen LogP contribution in [0.25, 0.3) is 6.08 Å². The molecule has 0 aliphatic rings. The van der Waals surface area contributed by atoms with Crippen LogP contribution in [-0.2, 0) is 18.6 Å². The zero-order valence-corrected chi connectivity index (χ0v) is 9.96. The fourth-order valence-corrected chi connectivity index (χ4v) is 1.81. The van der Waals surface area contributed by atoms with E-state index >= 15 is 0 Å². The smallest absolute Gasteiger partial charge is 0.330 e. The standard InChI is InChI=1S/C10H9ClO4S/c1-15-10(12)6-5-8-3-2-4-9(7-8)16(11,13)14/h2-7H,1H3/b6-5+. The predicted molar refractivity (Wildman–Crippen MR) is 60.5 cm³/mol. The molecule has 0 N–H and O–H groups in total. The van der Waals surface area contributed by atoms with Gasteiger partial charge in [-0.25, -0.2) is 13.2 Å². The molecule has 1 aromatic rings. The number of methoxy groups -OCH3 is 1. The van der Waals surface area contributed by atoms with Crippen molar-refractivity contribution in [3.63, 3.8) is 0 Å². The van der Waals surface area contributed by atoms with Crippen LogP contribution in [0.15, 0.2) is 35.2 Å². The lowest BCUT2D eigenvalue weighted by Crippen LogP contribution is -1.94. The SMILES string of the molecule is COC(=O)/C=C/c1cccc(S(=O)(=O)Cl)c1. The second-order valence-electron chi connectivity index (χ2n) is 2.87. The van der Waals surface area contributed by atoms with Gasteiger partial charge in [0.1, 0.15) is 0 Å². The van der Waals surface area contributed by atoms with Crippen LogP contribution < -0.4 is 0 Å². The molecule has 86 valence electrons. The fourth-order valence-electron chi connectivity index (χ4n) is 1.00. The van der Waals surface area contributed by atoms with Gasteiger partial charge in [-0.3, -0.25) is 0 Å². The highest BCUT2D eigenvalue weighted by Crippen LogP contribution is 2.16. The maximum atomic E-state index is 11.0. The van der Waals surface area contributed by atoms with Crippen molar-refractivity contribution < 1.29 is 17.9 Å². The van der Waals surface area contributed by atoms with E-state index in [1.54, 1.807) is 6.07 Å². The number of ether oxygens (including phenoxy) is 1. The summed E-state index contributed by atoms with van der Waals surface area (Å²) < 4.78 is 26.5. The van der Waals surface area contributed by atoms with E-state index in [2.05, 4.69) is 4.74 Å². The maximum absolute atomic E-state index is 11.0. The van der Waals surface area contributed by atoms with Gasteiger partial charge in [0.25, 0.3) is 9.05 Å². The number of hydrogen-bond acceptors (Lipinski definition) is 4. The summed E-state index contributed by atoms with van der Waals surface area (Å²) in [5.41, 5.74) is 0.548. The van der Waals surface area contributed by atoms with Crippen LogP contribution in [-0.4, -0.2) is 21.5 Å². The highest BCUT2D eigenvalue weighted by molar-refractivity contribution is 8.13. The summed E-state index contributed by atoms with van der Waals surface area (Å²) in [6.07, 6.45) is 2.64. The second-order valence-corrected chi connectivity index (χ2v) is 5.43. The summed E-state index contributed by atoms with van der Waals surface area (Å²) in [4.78, 5) is 10.8. The summed E-state index contributed by atoms with van der Waals surface area (Å²) in [6.45, 7) is 0. The molecule has 4 nitrogen and oxygen atoms in total. The zero-order valence-electron chi connectivity index (χ0n) is 8.38. The predicted octanol–water partition coefficient (Wildman–Crippen LogP) is 1.80. The number of hydrogen-bond donors (Lipinski definition) is 0. The van der Waals surface area contributed by atoms with Crippen LogP contribution >= 0.6 is 10.7 Å². The highest BCUT2D eigenvalue weighted by Gasteiger charge is 2.08. The second kappa shape index (κ2) is 5.14. The largest absolute Gasteiger partial charge is 0.466 e. The zero-order chi connectivity index (χ0) is 12.2. The molecule has 0 radical (unpaired) electrons. The lowest BCUT2D eigenvalue weighted by Gasteiger charge is -1.97. The Kier molecular flexibility index (Phi) is 4.09. The van der Waals surface area contributed by atoms with Gasteiger partial charge in [-0.1, -0.05) is 12.1 Å². The molecule has 0 aliphatic heterocycles. The van der Waals surface area contributed by atoms with Gasteiger partial charge in [-0.05, 0) is 23.8 Å². The summed E-state index contributed by atoms with van der Waals surface area (Å²) in [5, 5.41) is 0. The molecule has 0 spiro atoms. The molecule has 0 saturated carbocycles. The van der Waals surface area contributed by atoms with Gasteiger partial charge in [-0.15, -0.1) is 0 Å². The number of halogens is 1. The maximum Gasteiger partial charge on any atom is 0.330 e. The number of benzene rings is 1. The van der Waals surface area contributed by atoms with Crippen LogP contribution in [0.2, 0.25) is 0 Å². The molecule has 0 fully saturated rings. The Hall–Kier alpha value is -1.33. The van der Waals surface area contributed by atoms with E-state index in [9.17, 15) is 13.2 Å². The molecule has 0 bridgehead atoms. The van der Waals surface area contributed by atoms with Crippen molar-refractivity contribution >= 4 is 31.8 Å². The third-order valence-electron chi connectivity index (χ3n) is 1.75. The van der Waals surface area contributed by atoms with Gasteiger partial charge in [0.05, 0.1) is 12.0 Å². The Morgan fingerprint density at radius 2 is 2.12 bits per heavy atom. The minimum atomic E-state index is -3.75. The van der Waals surface area contributed by atoms with Crippen molar-refractivity contribution in [3.8, 4) is 0 Å². The van der Waals surface area contributed by atoms with Crippen LogP contribution in [0.1, 0.15) is 5.56 Å². The molecular formula is C10H9ClO4S. The molecule has 1 aromatic carbocycles.